The number of nitrogens with zero attached hydrogens (tertiary/aromatic N) is 3. The fourth-order valence-electron chi connectivity index (χ4n) is 3.91. The summed E-state index contributed by atoms with van der Waals surface area (Å²) in [7, 11) is 0. The SMILES string of the molecule is CC(C)C[C@@H](C(=O)Nc1ccn(C[C@@H](O)CO)n1)N1CC(Oc2ccc3c(c2)OCCO3)=CC1=O. The van der Waals surface area contributed by atoms with Crippen molar-refractivity contribution in [2.75, 3.05) is 31.7 Å². The van der Waals surface area contributed by atoms with Gasteiger partial charge in [0.1, 0.15) is 30.8 Å². The number of rotatable bonds is 10. The molecule has 11 nitrogen and oxygen atoms in total. The van der Waals surface area contributed by atoms with Gasteiger partial charge in [-0.05, 0) is 24.5 Å². The average molecular weight is 487 g/mol. The number of aromatic nitrogens is 2. The Balaban J connectivity index is 1.42. The van der Waals surface area contributed by atoms with E-state index in [1.54, 1.807) is 30.5 Å². The molecule has 0 aliphatic carbocycles. The van der Waals surface area contributed by atoms with E-state index in [9.17, 15) is 14.7 Å². The molecule has 2 aliphatic heterocycles. The van der Waals surface area contributed by atoms with Crippen LogP contribution in [-0.2, 0) is 16.1 Å². The molecule has 2 atom stereocenters. The number of aliphatic hydroxyl groups excluding tert-OH is 2. The Labute approximate surface area is 202 Å². The molecule has 1 aromatic carbocycles. The quantitative estimate of drug-likeness (QED) is 0.455. The molecule has 188 valence electrons. The van der Waals surface area contributed by atoms with E-state index in [2.05, 4.69) is 10.4 Å². The van der Waals surface area contributed by atoms with Gasteiger partial charge in [0.15, 0.2) is 17.3 Å². The third-order valence-electron chi connectivity index (χ3n) is 5.53. The van der Waals surface area contributed by atoms with Crippen molar-refractivity contribution in [3.63, 3.8) is 0 Å². The summed E-state index contributed by atoms with van der Waals surface area (Å²) in [6.07, 6.45) is 2.48. The minimum atomic E-state index is -0.951. The predicted octanol–water partition coefficient (Wildman–Crippen LogP) is 1.17. The van der Waals surface area contributed by atoms with Crippen molar-refractivity contribution in [3.8, 4) is 17.2 Å². The standard InChI is InChI=1S/C24H30N4O7/c1-15(2)9-19(24(32)25-22-5-6-27(26-22)12-16(30)14-29)28-13-18(11-23(28)31)35-17-3-4-20-21(10-17)34-8-7-33-20/h3-6,10-11,15-16,19,29-30H,7-9,12-14H2,1-2H3,(H,25,26,32)/t16-,19+/m1/s1. The van der Waals surface area contributed by atoms with E-state index in [0.717, 1.165) is 0 Å². The Bertz CT molecular complexity index is 1100. The summed E-state index contributed by atoms with van der Waals surface area (Å²) < 4.78 is 18.4. The maximum absolute atomic E-state index is 13.2. The maximum atomic E-state index is 13.2. The smallest absolute Gasteiger partial charge is 0.251 e. The Morgan fingerprint density at radius 1 is 1.23 bits per heavy atom. The normalized spacial score (nSPS) is 16.8. The summed E-state index contributed by atoms with van der Waals surface area (Å²) in [4.78, 5) is 27.5. The summed E-state index contributed by atoms with van der Waals surface area (Å²) in [5.74, 6) is 1.93. The number of benzene rings is 1. The van der Waals surface area contributed by atoms with E-state index in [1.807, 2.05) is 13.8 Å². The summed E-state index contributed by atoms with van der Waals surface area (Å²) in [5.41, 5.74) is 0. The monoisotopic (exact) mass is 486 g/mol. The maximum Gasteiger partial charge on any atom is 0.251 e. The topological polar surface area (TPSA) is 135 Å². The van der Waals surface area contributed by atoms with Crippen LogP contribution in [0.15, 0.2) is 42.3 Å². The molecule has 2 amide bonds. The second-order valence-corrected chi connectivity index (χ2v) is 8.88. The molecule has 2 aromatic rings. The van der Waals surface area contributed by atoms with Gasteiger partial charge in [-0.15, -0.1) is 0 Å². The van der Waals surface area contributed by atoms with Gasteiger partial charge in [-0.3, -0.25) is 14.3 Å². The number of aliphatic hydroxyl groups is 2. The highest BCUT2D eigenvalue weighted by atomic mass is 16.6. The highest BCUT2D eigenvalue weighted by molar-refractivity contribution is 5.99. The van der Waals surface area contributed by atoms with E-state index in [1.165, 1.54) is 15.7 Å². The average Bonchev–Trinajstić information content (AvgIpc) is 3.42. The van der Waals surface area contributed by atoms with Gasteiger partial charge in [0.2, 0.25) is 5.91 Å². The van der Waals surface area contributed by atoms with Crippen LogP contribution in [0.5, 0.6) is 17.2 Å². The third kappa shape index (κ3) is 6.11. The Morgan fingerprint density at radius 2 is 2.00 bits per heavy atom. The van der Waals surface area contributed by atoms with Gasteiger partial charge < -0.3 is 34.6 Å². The van der Waals surface area contributed by atoms with Crippen molar-refractivity contribution < 1.29 is 34.0 Å². The van der Waals surface area contributed by atoms with Crippen LogP contribution in [0.1, 0.15) is 20.3 Å². The van der Waals surface area contributed by atoms with Crippen LogP contribution in [0.2, 0.25) is 0 Å². The third-order valence-corrected chi connectivity index (χ3v) is 5.53. The van der Waals surface area contributed by atoms with E-state index in [0.29, 0.717) is 48.5 Å². The minimum Gasteiger partial charge on any atom is -0.486 e. The van der Waals surface area contributed by atoms with Crippen molar-refractivity contribution in [3.05, 3.63) is 42.3 Å². The Kier molecular flexibility index (Phi) is 7.57. The van der Waals surface area contributed by atoms with Crippen LogP contribution in [0.25, 0.3) is 0 Å². The van der Waals surface area contributed by atoms with Crippen LogP contribution in [-0.4, -0.2) is 75.2 Å². The molecule has 0 saturated heterocycles. The number of hydrogen-bond acceptors (Lipinski definition) is 8. The largest absolute Gasteiger partial charge is 0.486 e. The van der Waals surface area contributed by atoms with Gasteiger partial charge in [0.05, 0.1) is 25.8 Å². The minimum absolute atomic E-state index is 0.0941. The number of fused-ring (bicyclic) bond motifs is 1. The van der Waals surface area contributed by atoms with Crippen molar-refractivity contribution in [1.29, 1.82) is 0 Å². The van der Waals surface area contributed by atoms with Crippen molar-refractivity contribution in [2.45, 2.75) is 39.0 Å². The Morgan fingerprint density at radius 3 is 2.74 bits per heavy atom. The number of carbonyl (C=O) groups is 2. The highest BCUT2D eigenvalue weighted by Crippen LogP contribution is 2.34. The lowest BCUT2D eigenvalue weighted by atomic mass is 10.0. The number of anilines is 1. The lowest BCUT2D eigenvalue weighted by molar-refractivity contribution is -0.133. The molecule has 3 heterocycles. The van der Waals surface area contributed by atoms with E-state index in [4.69, 9.17) is 19.3 Å². The van der Waals surface area contributed by atoms with Crippen LogP contribution in [0.4, 0.5) is 5.82 Å². The van der Waals surface area contributed by atoms with Gasteiger partial charge in [-0.2, -0.15) is 5.10 Å². The second kappa shape index (κ2) is 10.8. The molecule has 0 bridgehead atoms. The lowest BCUT2D eigenvalue weighted by Crippen LogP contribution is -2.46. The first-order valence-electron chi connectivity index (χ1n) is 11.5. The molecule has 4 rings (SSSR count). The fourth-order valence-corrected chi connectivity index (χ4v) is 3.91. The molecule has 2 aliphatic rings. The number of hydrogen-bond donors (Lipinski definition) is 3. The zero-order valence-corrected chi connectivity index (χ0v) is 19.7. The van der Waals surface area contributed by atoms with Gasteiger partial charge in [-0.25, -0.2) is 0 Å². The van der Waals surface area contributed by atoms with Crippen molar-refractivity contribution in [2.24, 2.45) is 5.92 Å². The molecule has 3 N–H and O–H groups in total. The first kappa shape index (κ1) is 24.6. The number of nitrogens with one attached hydrogen (secondary N) is 1. The van der Waals surface area contributed by atoms with E-state index >= 15 is 0 Å². The van der Waals surface area contributed by atoms with Crippen LogP contribution < -0.4 is 19.5 Å². The van der Waals surface area contributed by atoms with Crippen molar-refractivity contribution in [1.82, 2.24) is 14.7 Å². The van der Waals surface area contributed by atoms with Gasteiger partial charge in [0, 0.05) is 24.4 Å². The van der Waals surface area contributed by atoms with E-state index < -0.39 is 18.8 Å². The Hall–Kier alpha value is -3.57. The second-order valence-electron chi connectivity index (χ2n) is 8.88. The molecule has 35 heavy (non-hydrogen) atoms. The molecule has 0 spiro atoms. The molecule has 11 heteroatoms. The summed E-state index contributed by atoms with van der Waals surface area (Å²) in [5, 5.41) is 25.5. The summed E-state index contributed by atoms with van der Waals surface area (Å²) in [6, 6.07) is 6.07. The fraction of sp³-hybridized carbons (Fsp3) is 0.458. The molecule has 0 saturated carbocycles. The van der Waals surface area contributed by atoms with Crippen LogP contribution >= 0.6 is 0 Å². The number of carbonyl (C=O) groups excluding carboxylic acids is 2. The predicted molar refractivity (Wildman–Crippen MR) is 125 cm³/mol. The first-order chi connectivity index (χ1) is 16.8. The molecule has 1 aromatic heterocycles. The highest BCUT2D eigenvalue weighted by Gasteiger charge is 2.35. The van der Waals surface area contributed by atoms with E-state index in [-0.39, 0.29) is 30.8 Å². The lowest BCUT2D eigenvalue weighted by Gasteiger charge is -2.28. The number of ether oxygens (including phenoxy) is 3. The van der Waals surface area contributed by atoms with Crippen LogP contribution in [0, 0.1) is 5.92 Å². The van der Waals surface area contributed by atoms with Gasteiger partial charge in [-0.1, -0.05) is 13.8 Å². The molecular formula is C24H30N4O7. The molecular weight excluding hydrogens is 456 g/mol. The molecule has 0 unspecified atom stereocenters. The summed E-state index contributed by atoms with van der Waals surface area (Å²) in [6.45, 7) is 4.76. The molecule has 0 radical (unpaired) electrons. The zero-order chi connectivity index (χ0) is 24.9. The first-order valence-corrected chi connectivity index (χ1v) is 11.5. The zero-order valence-electron chi connectivity index (χ0n) is 19.7. The van der Waals surface area contributed by atoms with Gasteiger partial charge >= 0.3 is 0 Å². The van der Waals surface area contributed by atoms with Crippen molar-refractivity contribution >= 4 is 17.6 Å². The van der Waals surface area contributed by atoms with Crippen LogP contribution in [0.3, 0.4) is 0 Å². The number of amides is 2. The summed E-state index contributed by atoms with van der Waals surface area (Å²) >= 11 is 0. The molecule has 0 fully saturated rings. The van der Waals surface area contributed by atoms with Gasteiger partial charge in [0.25, 0.3) is 5.91 Å².